The highest BCUT2D eigenvalue weighted by Gasteiger charge is 2.26. The van der Waals surface area contributed by atoms with Crippen molar-refractivity contribution >= 4 is 17.7 Å². The summed E-state index contributed by atoms with van der Waals surface area (Å²) in [6, 6.07) is 6.15. The first-order valence-corrected chi connectivity index (χ1v) is 12.7. The van der Waals surface area contributed by atoms with Gasteiger partial charge in [-0.05, 0) is 43.0 Å². The summed E-state index contributed by atoms with van der Waals surface area (Å²) in [7, 11) is 3.06. The van der Waals surface area contributed by atoms with Crippen LogP contribution >= 0.6 is 0 Å². The molecule has 0 radical (unpaired) electrons. The number of carbonyl (C=O) groups is 3. The number of aryl methyl sites for hydroxylation is 1. The molecule has 1 aliphatic rings. The third-order valence-corrected chi connectivity index (χ3v) is 6.36. The van der Waals surface area contributed by atoms with Crippen LogP contribution in [0.2, 0.25) is 0 Å². The minimum absolute atomic E-state index is 0.0966. The number of hydrogen-bond acceptors (Lipinski definition) is 8. The summed E-state index contributed by atoms with van der Waals surface area (Å²) in [4.78, 5) is 45.6. The highest BCUT2D eigenvalue weighted by molar-refractivity contribution is 5.98. The van der Waals surface area contributed by atoms with Gasteiger partial charge >= 0.3 is 0 Å². The Labute approximate surface area is 226 Å². The zero-order valence-electron chi connectivity index (χ0n) is 22.7. The largest absolute Gasteiger partial charge is 0.493 e. The van der Waals surface area contributed by atoms with Gasteiger partial charge in [0, 0.05) is 49.2 Å². The summed E-state index contributed by atoms with van der Waals surface area (Å²) in [6.45, 7) is 6.22. The van der Waals surface area contributed by atoms with E-state index in [0.717, 1.165) is 5.56 Å². The zero-order valence-corrected chi connectivity index (χ0v) is 22.7. The number of pyridine rings is 1. The van der Waals surface area contributed by atoms with Crippen LogP contribution in [0.1, 0.15) is 52.4 Å². The maximum atomic E-state index is 13.4. The first-order valence-electron chi connectivity index (χ1n) is 12.7. The predicted octanol–water partition coefficient (Wildman–Crippen LogP) is 2.98. The maximum absolute atomic E-state index is 13.4. The molecule has 206 valence electrons. The van der Waals surface area contributed by atoms with Gasteiger partial charge in [-0.15, -0.1) is 0 Å². The second-order valence-corrected chi connectivity index (χ2v) is 9.85. The lowest BCUT2D eigenvalue weighted by atomic mass is 10.00. The maximum Gasteiger partial charge on any atom is 0.292 e. The number of rotatable bonds is 5. The fraction of sp³-hybridized carbons (Fsp3) is 0.393. The van der Waals surface area contributed by atoms with Gasteiger partial charge in [0.2, 0.25) is 11.7 Å². The van der Waals surface area contributed by atoms with Crippen molar-refractivity contribution in [2.75, 3.05) is 27.3 Å². The standard InChI is InChI=1S/C28H33N5O6/c1-16(2)8-22-27(35)30-6-7-33(28(36)24-9-17(3)32-39-24)15-18-10-21(25(38-5)23(11-18)37-4)19-12-20(14-29-13-19)26(34)31-22/h9-14,16,22H,6-8,15H2,1-5H3,(H,30,35)(H,31,34)/t22-/m1/s1. The topological polar surface area (TPSA) is 136 Å². The highest BCUT2D eigenvalue weighted by Crippen LogP contribution is 2.39. The third kappa shape index (κ3) is 6.36. The second kappa shape index (κ2) is 12.0. The molecule has 1 atom stereocenters. The van der Waals surface area contributed by atoms with Gasteiger partial charge in [0.1, 0.15) is 6.04 Å². The quantitative estimate of drug-likeness (QED) is 0.509. The van der Waals surface area contributed by atoms with Crippen molar-refractivity contribution in [3.8, 4) is 22.6 Å². The van der Waals surface area contributed by atoms with Crippen molar-refractivity contribution < 1.29 is 28.4 Å². The molecule has 11 nitrogen and oxygen atoms in total. The first-order chi connectivity index (χ1) is 18.7. The molecular formula is C28H33N5O6. The van der Waals surface area contributed by atoms with Gasteiger partial charge in [0.25, 0.3) is 11.8 Å². The van der Waals surface area contributed by atoms with E-state index in [1.807, 2.05) is 19.9 Å². The summed E-state index contributed by atoms with van der Waals surface area (Å²) in [5.41, 5.74) is 2.87. The molecule has 0 aliphatic carbocycles. The number of aromatic nitrogens is 2. The monoisotopic (exact) mass is 535 g/mol. The lowest BCUT2D eigenvalue weighted by Crippen LogP contribution is -2.49. The Kier molecular flexibility index (Phi) is 8.48. The van der Waals surface area contributed by atoms with E-state index in [9.17, 15) is 14.4 Å². The van der Waals surface area contributed by atoms with Gasteiger partial charge in [-0.25, -0.2) is 0 Å². The first kappa shape index (κ1) is 27.6. The van der Waals surface area contributed by atoms with Crippen LogP contribution in [0.15, 0.2) is 41.2 Å². The van der Waals surface area contributed by atoms with Gasteiger partial charge in [-0.3, -0.25) is 19.4 Å². The van der Waals surface area contributed by atoms with Crippen LogP contribution in [0.5, 0.6) is 11.5 Å². The molecular weight excluding hydrogens is 502 g/mol. The molecule has 4 bridgehead atoms. The van der Waals surface area contributed by atoms with E-state index < -0.39 is 11.9 Å². The number of nitrogens with one attached hydrogen (secondary N) is 2. The van der Waals surface area contributed by atoms with Gasteiger partial charge in [-0.2, -0.15) is 0 Å². The molecule has 3 amide bonds. The van der Waals surface area contributed by atoms with E-state index in [4.69, 9.17) is 14.0 Å². The van der Waals surface area contributed by atoms with Crippen LogP contribution in [-0.4, -0.2) is 66.1 Å². The Morgan fingerprint density at radius 3 is 2.56 bits per heavy atom. The Bertz CT molecular complexity index is 1370. The fourth-order valence-corrected chi connectivity index (χ4v) is 4.51. The number of ether oxygens (including phenoxy) is 2. The molecule has 2 aromatic heterocycles. The molecule has 2 N–H and O–H groups in total. The minimum Gasteiger partial charge on any atom is -0.493 e. The van der Waals surface area contributed by atoms with Crippen LogP contribution in [0.4, 0.5) is 0 Å². The van der Waals surface area contributed by atoms with Crippen molar-refractivity contribution in [2.24, 2.45) is 5.92 Å². The molecule has 39 heavy (non-hydrogen) atoms. The van der Waals surface area contributed by atoms with E-state index in [1.54, 1.807) is 36.2 Å². The molecule has 0 fully saturated rings. The lowest BCUT2D eigenvalue weighted by Gasteiger charge is -2.24. The SMILES string of the molecule is COc1cc2cc(c1OC)-c1cncc(c1)C(=O)N[C@H](CC(C)C)C(=O)NCCN(C(=O)c1cc(C)no1)C2. The number of amides is 3. The molecule has 11 heteroatoms. The summed E-state index contributed by atoms with van der Waals surface area (Å²) in [5, 5.41) is 9.55. The Morgan fingerprint density at radius 1 is 1.13 bits per heavy atom. The highest BCUT2D eigenvalue weighted by atomic mass is 16.5. The van der Waals surface area contributed by atoms with E-state index in [0.29, 0.717) is 40.3 Å². The molecule has 0 unspecified atom stereocenters. The van der Waals surface area contributed by atoms with E-state index >= 15 is 0 Å². The van der Waals surface area contributed by atoms with Crippen molar-refractivity contribution in [2.45, 2.75) is 39.8 Å². The normalized spacial score (nSPS) is 16.2. The van der Waals surface area contributed by atoms with Crippen LogP contribution in [-0.2, 0) is 11.3 Å². The molecule has 4 rings (SSSR count). The average molecular weight is 536 g/mol. The van der Waals surface area contributed by atoms with Gasteiger partial charge < -0.3 is 29.5 Å². The van der Waals surface area contributed by atoms with Crippen LogP contribution < -0.4 is 20.1 Å². The van der Waals surface area contributed by atoms with Crippen molar-refractivity contribution in [3.05, 3.63) is 59.2 Å². The molecule has 1 aliphatic heterocycles. The fourth-order valence-electron chi connectivity index (χ4n) is 4.51. The van der Waals surface area contributed by atoms with E-state index in [2.05, 4.69) is 20.8 Å². The van der Waals surface area contributed by atoms with Crippen molar-refractivity contribution in [1.29, 1.82) is 0 Å². The zero-order chi connectivity index (χ0) is 28.1. The summed E-state index contributed by atoms with van der Waals surface area (Å²) in [6.07, 6.45) is 3.51. The molecule has 3 heterocycles. The predicted molar refractivity (Wildman–Crippen MR) is 142 cm³/mol. The van der Waals surface area contributed by atoms with E-state index in [-0.39, 0.29) is 43.1 Å². The molecule has 3 aromatic rings. The Hall–Kier alpha value is -4.41. The van der Waals surface area contributed by atoms with Crippen LogP contribution in [0.25, 0.3) is 11.1 Å². The Balaban J connectivity index is 1.83. The number of benzene rings is 1. The average Bonchev–Trinajstić information content (AvgIpc) is 3.36. The van der Waals surface area contributed by atoms with Gasteiger partial charge in [-0.1, -0.05) is 19.0 Å². The van der Waals surface area contributed by atoms with Crippen LogP contribution in [0.3, 0.4) is 0 Å². The smallest absolute Gasteiger partial charge is 0.292 e. The molecule has 0 saturated heterocycles. The number of nitrogens with zero attached hydrogens (tertiary/aromatic N) is 3. The number of fused-ring (bicyclic) bond motifs is 5. The minimum atomic E-state index is -0.761. The summed E-state index contributed by atoms with van der Waals surface area (Å²) < 4.78 is 16.5. The summed E-state index contributed by atoms with van der Waals surface area (Å²) >= 11 is 0. The number of carbonyl (C=O) groups excluding carboxylic acids is 3. The lowest BCUT2D eigenvalue weighted by molar-refractivity contribution is -0.123. The van der Waals surface area contributed by atoms with Crippen LogP contribution in [0, 0.1) is 12.8 Å². The number of hydrogen-bond donors (Lipinski definition) is 2. The molecule has 0 spiro atoms. The second-order valence-electron chi connectivity index (χ2n) is 9.85. The van der Waals surface area contributed by atoms with Gasteiger partial charge in [0.15, 0.2) is 11.5 Å². The third-order valence-electron chi connectivity index (χ3n) is 6.36. The molecule has 0 saturated carbocycles. The van der Waals surface area contributed by atoms with E-state index in [1.165, 1.54) is 20.4 Å². The number of methoxy groups -OCH3 is 2. The summed E-state index contributed by atoms with van der Waals surface area (Å²) in [5.74, 6) is 0.0436. The van der Waals surface area contributed by atoms with Crippen molar-refractivity contribution in [3.63, 3.8) is 0 Å². The Morgan fingerprint density at radius 2 is 1.90 bits per heavy atom. The van der Waals surface area contributed by atoms with Crippen molar-refractivity contribution in [1.82, 2.24) is 25.7 Å². The van der Waals surface area contributed by atoms with Gasteiger partial charge in [0.05, 0.1) is 25.5 Å². The molecule has 1 aromatic carbocycles.